The van der Waals surface area contributed by atoms with E-state index in [-0.39, 0.29) is 31.4 Å². The molecule has 3 rings (SSSR count). The van der Waals surface area contributed by atoms with E-state index in [2.05, 4.69) is 5.32 Å². The molecule has 2 aliphatic rings. The molecule has 1 fully saturated rings. The molecular formula is C15H16N2O5. The van der Waals surface area contributed by atoms with Crippen molar-refractivity contribution in [3.63, 3.8) is 0 Å². The Labute approximate surface area is 126 Å². The lowest BCUT2D eigenvalue weighted by Gasteiger charge is -2.35. The number of fused-ring (bicyclic) bond motifs is 1. The quantitative estimate of drug-likeness (QED) is 0.826. The van der Waals surface area contributed by atoms with Gasteiger partial charge in [-0.25, -0.2) is 4.79 Å². The van der Waals surface area contributed by atoms with Gasteiger partial charge in [0.25, 0.3) is 0 Å². The van der Waals surface area contributed by atoms with Gasteiger partial charge in [-0.2, -0.15) is 0 Å². The molecule has 0 aromatic heterocycles. The number of hydrogen-bond donors (Lipinski definition) is 2. The highest BCUT2D eigenvalue weighted by atomic mass is 16.5. The predicted molar refractivity (Wildman–Crippen MR) is 76.4 cm³/mol. The number of nitrogens with zero attached hydrogens (tertiary/aromatic N) is 1. The summed E-state index contributed by atoms with van der Waals surface area (Å²) in [6.45, 7) is 0.528. The fraction of sp³-hybridized carbons (Fsp3) is 0.400. The van der Waals surface area contributed by atoms with Gasteiger partial charge in [-0.15, -0.1) is 0 Å². The van der Waals surface area contributed by atoms with Crippen molar-refractivity contribution >= 4 is 23.5 Å². The molecule has 1 aromatic rings. The molecule has 0 aliphatic carbocycles. The molecule has 7 heteroatoms. The van der Waals surface area contributed by atoms with Gasteiger partial charge in [-0.3, -0.25) is 9.59 Å². The van der Waals surface area contributed by atoms with Crippen molar-refractivity contribution in [2.24, 2.45) is 0 Å². The number of carboxylic acids is 1. The predicted octanol–water partition coefficient (Wildman–Crippen LogP) is 0.424. The number of amides is 2. The molecule has 22 heavy (non-hydrogen) atoms. The van der Waals surface area contributed by atoms with Gasteiger partial charge in [0.2, 0.25) is 11.8 Å². The number of carboxylic acid groups (broad SMARTS) is 1. The molecule has 1 aromatic carbocycles. The number of para-hydroxylation sites is 1. The van der Waals surface area contributed by atoms with E-state index in [4.69, 9.17) is 9.84 Å². The van der Waals surface area contributed by atoms with Gasteiger partial charge in [0.05, 0.1) is 19.1 Å². The van der Waals surface area contributed by atoms with Crippen LogP contribution in [0.5, 0.6) is 0 Å². The lowest BCUT2D eigenvalue weighted by molar-refractivity contribution is -0.160. The van der Waals surface area contributed by atoms with Gasteiger partial charge in [0, 0.05) is 18.7 Å². The van der Waals surface area contributed by atoms with Crippen LogP contribution in [0.1, 0.15) is 17.9 Å². The second-order valence-electron chi connectivity index (χ2n) is 5.37. The number of carbonyl (C=O) groups is 3. The van der Waals surface area contributed by atoms with Gasteiger partial charge in [0.1, 0.15) is 0 Å². The molecule has 0 radical (unpaired) electrons. The highest BCUT2D eigenvalue weighted by molar-refractivity contribution is 6.01. The largest absolute Gasteiger partial charge is 0.479 e. The van der Waals surface area contributed by atoms with Crippen LogP contribution in [0, 0.1) is 0 Å². The molecular weight excluding hydrogens is 288 g/mol. The zero-order valence-corrected chi connectivity index (χ0v) is 11.8. The minimum absolute atomic E-state index is 0.00839. The normalized spacial score (nSPS) is 24.4. The molecule has 0 spiro atoms. The lowest BCUT2D eigenvalue weighted by Crippen LogP contribution is -2.50. The Morgan fingerprint density at radius 1 is 1.32 bits per heavy atom. The van der Waals surface area contributed by atoms with E-state index in [1.165, 1.54) is 4.90 Å². The first-order valence-corrected chi connectivity index (χ1v) is 7.08. The van der Waals surface area contributed by atoms with Gasteiger partial charge in [-0.1, -0.05) is 18.2 Å². The number of hydrogen-bond acceptors (Lipinski definition) is 4. The number of ether oxygens (including phenoxy) is 1. The second kappa shape index (κ2) is 5.76. The van der Waals surface area contributed by atoms with Crippen LogP contribution in [0.4, 0.5) is 5.69 Å². The van der Waals surface area contributed by atoms with Crippen molar-refractivity contribution in [3.05, 3.63) is 29.8 Å². The average Bonchev–Trinajstić information content (AvgIpc) is 2.53. The molecule has 2 aliphatic heterocycles. The van der Waals surface area contributed by atoms with Crippen molar-refractivity contribution in [2.75, 3.05) is 25.0 Å². The van der Waals surface area contributed by atoms with Gasteiger partial charge in [0.15, 0.2) is 6.10 Å². The third-order valence-electron chi connectivity index (χ3n) is 3.95. The Morgan fingerprint density at radius 2 is 2.09 bits per heavy atom. The molecule has 116 valence electrons. The van der Waals surface area contributed by atoms with Crippen LogP contribution in [-0.2, 0) is 19.1 Å². The maximum atomic E-state index is 12.7. The number of morpholine rings is 1. The van der Waals surface area contributed by atoms with E-state index in [0.29, 0.717) is 12.2 Å². The second-order valence-corrected chi connectivity index (χ2v) is 5.37. The Hall–Kier alpha value is -2.41. The fourth-order valence-electron chi connectivity index (χ4n) is 2.85. The van der Waals surface area contributed by atoms with Crippen LogP contribution in [0.2, 0.25) is 0 Å². The Balaban J connectivity index is 1.83. The summed E-state index contributed by atoms with van der Waals surface area (Å²) < 4.78 is 5.12. The maximum absolute atomic E-state index is 12.7. The molecule has 0 saturated carbocycles. The maximum Gasteiger partial charge on any atom is 0.334 e. The first-order chi connectivity index (χ1) is 10.6. The van der Waals surface area contributed by atoms with Crippen LogP contribution in [0.3, 0.4) is 0 Å². The summed E-state index contributed by atoms with van der Waals surface area (Å²) in [6.07, 6.45) is -0.935. The number of carbonyl (C=O) groups excluding carboxylic acids is 2. The van der Waals surface area contributed by atoms with Gasteiger partial charge < -0.3 is 20.1 Å². The topological polar surface area (TPSA) is 95.9 Å². The lowest BCUT2D eigenvalue weighted by atomic mass is 9.89. The molecule has 2 heterocycles. The summed E-state index contributed by atoms with van der Waals surface area (Å²) in [4.78, 5) is 37.0. The van der Waals surface area contributed by atoms with Crippen molar-refractivity contribution in [1.82, 2.24) is 4.90 Å². The zero-order valence-electron chi connectivity index (χ0n) is 11.8. The molecule has 2 amide bonds. The SMILES string of the molecule is O=C1C[C@H](C(=O)N2CCO[C@@H](C(=O)O)C2)c2ccccc2N1. The fourth-order valence-corrected chi connectivity index (χ4v) is 2.85. The summed E-state index contributed by atoms with van der Waals surface area (Å²) in [5, 5.41) is 11.8. The number of nitrogens with one attached hydrogen (secondary N) is 1. The van der Waals surface area contributed by atoms with Crippen molar-refractivity contribution < 1.29 is 24.2 Å². The van der Waals surface area contributed by atoms with E-state index in [0.717, 1.165) is 5.56 Å². The Morgan fingerprint density at radius 3 is 2.86 bits per heavy atom. The van der Waals surface area contributed by atoms with Crippen LogP contribution >= 0.6 is 0 Å². The molecule has 2 N–H and O–H groups in total. The van der Waals surface area contributed by atoms with E-state index in [9.17, 15) is 14.4 Å². The van der Waals surface area contributed by atoms with E-state index >= 15 is 0 Å². The summed E-state index contributed by atoms with van der Waals surface area (Å²) in [6, 6.07) is 7.18. The van der Waals surface area contributed by atoms with E-state index in [1.807, 2.05) is 12.1 Å². The van der Waals surface area contributed by atoms with Gasteiger partial charge in [-0.05, 0) is 11.6 Å². The number of aliphatic carboxylic acids is 1. The van der Waals surface area contributed by atoms with Crippen LogP contribution in [0.25, 0.3) is 0 Å². The number of benzene rings is 1. The van der Waals surface area contributed by atoms with Crippen molar-refractivity contribution in [3.8, 4) is 0 Å². The molecule has 0 unspecified atom stereocenters. The molecule has 2 atom stereocenters. The van der Waals surface area contributed by atoms with Crippen LogP contribution in [-0.4, -0.2) is 53.6 Å². The third-order valence-corrected chi connectivity index (χ3v) is 3.95. The van der Waals surface area contributed by atoms with E-state index < -0.39 is 18.0 Å². The Kier molecular flexibility index (Phi) is 3.81. The molecule has 7 nitrogen and oxygen atoms in total. The minimum atomic E-state index is -1.08. The Bertz CT molecular complexity index is 630. The smallest absolute Gasteiger partial charge is 0.334 e. The summed E-state index contributed by atoms with van der Waals surface area (Å²) in [5.41, 5.74) is 1.41. The first kappa shape index (κ1) is 14.5. The summed E-state index contributed by atoms with van der Waals surface area (Å²) >= 11 is 0. The zero-order chi connectivity index (χ0) is 15.7. The highest BCUT2D eigenvalue weighted by Crippen LogP contribution is 2.33. The van der Waals surface area contributed by atoms with Crippen molar-refractivity contribution in [1.29, 1.82) is 0 Å². The van der Waals surface area contributed by atoms with Crippen LogP contribution in [0.15, 0.2) is 24.3 Å². The summed E-state index contributed by atoms with van der Waals surface area (Å²) in [5.74, 6) is -2.09. The summed E-state index contributed by atoms with van der Waals surface area (Å²) in [7, 11) is 0. The average molecular weight is 304 g/mol. The van der Waals surface area contributed by atoms with Gasteiger partial charge >= 0.3 is 5.97 Å². The minimum Gasteiger partial charge on any atom is -0.479 e. The monoisotopic (exact) mass is 304 g/mol. The first-order valence-electron chi connectivity index (χ1n) is 7.08. The van der Waals surface area contributed by atoms with Crippen molar-refractivity contribution in [2.45, 2.75) is 18.4 Å². The number of rotatable bonds is 2. The molecule has 0 bridgehead atoms. The van der Waals surface area contributed by atoms with Crippen LogP contribution < -0.4 is 5.32 Å². The standard InChI is InChI=1S/C15H16N2O5/c18-13-7-10(9-3-1-2-4-11(9)16-13)14(19)17-5-6-22-12(8-17)15(20)21/h1-4,10,12H,5-8H2,(H,16,18)(H,20,21)/t10-,12+/m0/s1. The molecule has 1 saturated heterocycles. The number of anilines is 1. The van der Waals surface area contributed by atoms with E-state index in [1.54, 1.807) is 12.1 Å². The third kappa shape index (κ3) is 2.67. The highest BCUT2D eigenvalue weighted by Gasteiger charge is 2.36.